The molecule has 6 rings (SSSR count). The van der Waals surface area contributed by atoms with Gasteiger partial charge in [0, 0.05) is 65.1 Å². The van der Waals surface area contributed by atoms with Gasteiger partial charge in [-0.15, -0.1) is 0 Å². The van der Waals surface area contributed by atoms with Gasteiger partial charge >= 0.3 is 41.2 Å². The van der Waals surface area contributed by atoms with E-state index in [9.17, 15) is 73.7 Å². The first-order chi connectivity index (χ1) is 40.3. The largest absolute Gasteiger partial charge is 0.490 e. The molecule has 5 atom stereocenters. The third kappa shape index (κ3) is 19.0. The van der Waals surface area contributed by atoms with E-state index in [4.69, 9.17) is 50.8 Å². The number of fused-ring (bicyclic) bond motifs is 2. The quantitative estimate of drug-likeness (QED) is 0.00278. The molecule has 3 heterocycles. The van der Waals surface area contributed by atoms with E-state index in [1.807, 2.05) is 0 Å². The number of rotatable bonds is 29. The van der Waals surface area contributed by atoms with Gasteiger partial charge < -0.3 is 70.7 Å². The minimum absolute atomic E-state index is 0.00238. The summed E-state index contributed by atoms with van der Waals surface area (Å²) < 4.78 is 141. The molecule has 2 unspecified atom stereocenters. The highest BCUT2D eigenvalue weighted by Crippen LogP contribution is 2.66. The third-order valence-electron chi connectivity index (χ3n) is 11.5. The maximum absolute atomic E-state index is 13.4. The molecule has 466 valence electrons. The molecule has 1 saturated heterocycles. The second kappa shape index (κ2) is 29.5. The number of carboxylic acids is 1. The molecule has 1 aromatic heterocycles. The molecule has 3 aromatic rings. The summed E-state index contributed by atoms with van der Waals surface area (Å²) in [6.45, 7) is -0.919. The summed E-state index contributed by atoms with van der Waals surface area (Å²) in [6, 6.07) is 7.35. The van der Waals surface area contributed by atoms with Gasteiger partial charge in [-0.1, -0.05) is 38.5 Å². The number of nitrogens with zero attached hydrogens (tertiary/aromatic N) is 5. The Morgan fingerprint density at radius 2 is 1.66 bits per heavy atom. The van der Waals surface area contributed by atoms with Crippen molar-refractivity contribution in [2.75, 3.05) is 62.7 Å². The van der Waals surface area contributed by atoms with Crippen molar-refractivity contribution in [1.82, 2.24) is 25.5 Å². The van der Waals surface area contributed by atoms with E-state index in [1.165, 1.54) is 39.8 Å². The third-order valence-corrected chi connectivity index (χ3v) is 19.2. The number of hydrogen-bond acceptors (Lipinski definition) is 25. The van der Waals surface area contributed by atoms with Crippen molar-refractivity contribution in [1.29, 1.82) is 5.41 Å². The number of azide groups is 1. The van der Waals surface area contributed by atoms with Crippen LogP contribution in [0.3, 0.4) is 0 Å². The Kier molecular flexibility index (Phi) is 23.5. The van der Waals surface area contributed by atoms with Crippen LogP contribution >= 0.6 is 45.1 Å². The lowest BCUT2D eigenvalue weighted by molar-refractivity contribution is -0.0601. The number of phosphoric acid groups is 3. The first-order valence-corrected chi connectivity index (χ1v) is 33.9. The number of nitrogen functional groups attached to an aromatic ring is 2. The number of hydrogen-bond donors (Lipinski definition) is 13. The second-order valence-electron chi connectivity index (χ2n) is 17.4. The SMILES string of the molecule is [N-]=[N+]=NCO[C@@H]1C[C@H](n2cc(C#CCNC(=O)NCCCCCOCSSCCNC(=O)c3ccc(C(=O)O)c(-c4c5ccc(=N)c(S(=O)(=O)O)c-5oc5c(S(=O)(=O)O)c(N)ccc45)c3)c(N)nc2=O)O[C@@H]1COP(=O)(O)OP(=O)(O)OP(=O)(O)O. The number of unbranched alkanes of at least 4 members (excludes halogenated alkanes) is 2. The molecule has 0 saturated carbocycles. The molecular formula is C43H50N11O25P3S4. The van der Waals surface area contributed by atoms with Crippen molar-refractivity contribution in [3.05, 3.63) is 91.6 Å². The zero-order valence-corrected chi connectivity index (χ0v) is 49.6. The summed E-state index contributed by atoms with van der Waals surface area (Å²) in [6.07, 6.45) is -0.918. The van der Waals surface area contributed by atoms with Gasteiger partial charge in [-0.3, -0.25) is 28.4 Å². The van der Waals surface area contributed by atoms with Crippen LogP contribution in [-0.4, -0.2) is 142 Å². The fourth-order valence-corrected chi connectivity index (χ4v) is 14.1. The molecule has 36 nitrogen and oxygen atoms in total. The highest BCUT2D eigenvalue weighted by atomic mass is 33.1. The van der Waals surface area contributed by atoms with E-state index >= 15 is 0 Å². The van der Waals surface area contributed by atoms with Crippen LogP contribution in [0.4, 0.5) is 16.3 Å². The predicted octanol–water partition coefficient (Wildman–Crippen LogP) is 3.49. The van der Waals surface area contributed by atoms with Crippen molar-refractivity contribution < 1.29 is 110 Å². The van der Waals surface area contributed by atoms with Crippen LogP contribution in [0.25, 0.3) is 43.9 Å². The number of anilines is 2. The van der Waals surface area contributed by atoms with Gasteiger partial charge in [-0.05, 0) is 72.8 Å². The minimum atomic E-state index is -5.84. The van der Waals surface area contributed by atoms with E-state index in [2.05, 4.69) is 55.9 Å². The van der Waals surface area contributed by atoms with E-state index in [0.29, 0.717) is 38.2 Å². The molecule has 3 aliphatic rings. The lowest BCUT2D eigenvalue weighted by Gasteiger charge is -2.21. The first kappa shape index (κ1) is 68.6. The molecule has 0 spiro atoms. The van der Waals surface area contributed by atoms with Gasteiger partial charge in [-0.25, -0.2) is 28.1 Å². The highest BCUT2D eigenvalue weighted by Gasteiger charge is 2.44. The van der Waals surface area contributed by atoms with Crippen molar-refractivity contribution in [2.24, 2.45) is 5.11 Å². The number of carbonyl (C=O) groups excluding carboxylic acids is 2. The van der Waals surface area contributed by atoms with Gasteiger partial charge in [-0.2, -0.15) is 30.4 Å². The van der Waals surface area contributed by atoms with Crippen LogP contribution < -0.4 is 38.5 Å². The number of carbonyl (C=O) groups is 3. The Balaban J connectivity index is 0.916. The summed E-state index contributed by atoms with van der Waals surface area (Å²) >= 11 is 0. The van der Waals surface area contributed by atoms with Crippen molar-refractivity contribution >= 4 is 106 Å². The summed E-state index contributed by atoms with van der Waals surface area (Å²) in [7, 11) is -24.8. The zero-order chi connectivity index (χ0) is 63.4. The molecule has 2 aliphatic heterocycles. The van der Waals surface area contributed by atoms with Gasteiger partial charge in [0.05, 0.1) is 41.4 Å². The molecule has 15 N–H and O–H groups in total. The first-order valence-electron chi connectivity index (χ1n) is 24.1. The van der Waals surface area contributed by atoms with Crippen LogP contribution in [0.15, 0.2) is 72.8 Å². The second-order valence-corrected chi connectivity index (χ2v) is 27.1. The Morgan fingerprint density at radius 1 is 0.930 bits per heavy atom. The molecule has 3 amide bonds. The summed E-state index contributed by atoms with van der Waals surface area (Å²) in [4.78, 5) is 92.2. The molecule has 2 aromatic carbocycles. The summed E-state index contributed by atoms with van der Waals surface area (Å²) in [5, 5.41) is 28.6. The summed E-state index contributed by atoms with van der Waals surface area (Å²) in [5.41, 5.74) is 17.0. The predicted molar refractivity (Wildman–Crippen MR) is 301 cm³/mol. The molecule has 0 bridgehead atoms. The van der Waals surface area contributed by atoms with Gasteiger partial charge in [0.1, 0.15) is 30.8 Å². The van der Waals surface area contributed by atoms with Crippen LogP contribution in [0, 0.1) is 17.3 Å². The Bertz CT molecular complexity index is 4010. The van der Waals surface area contributed by atoms with E-state index in [0.717, 1.165) is 35.0 Å². The normalized spacial score (nSPS) is 16.7. The zero-order valence-electron chi connectivity index (χ0n) is 43.7. The van der Waals surface area contributed by atoms with Gasteiger partial charge in [0.15, 0.2) is 21.1 Å². The van der Waals surface area contributed by atoms with E-state index in [-0.39, 0.29) is 64.5 Å². The van der Waals surface area contributed by atoms with Gasteiger partial charge in [0.2, 0.25) is 0 Å². The average Bonchev–Trinajstić information content (AvgIpc) is 1.01. The number of nitrogens with two attached hydrogens (primary N) is 2. The Hall–Kier alpha value is -6.50. The molecule has 86 heavy (non-hydrogen) atoms. The Labute approximate surface area is 492 Å². The molecule has 43 heteroatoms. The monoisotopic (exact) mass is 1340 g/mol. The molecular weight excluding hydrogens is 1290 g/mol. The smallest absolute Gasteiger partial charge is 0.478 e. The minimum Gasteiger partial charge on any atom is -0.478 e. The number of urea groups is 1. The van der Waals surface area contributed by atoms with Crippen molar-refractivity contribution in [3.63, 3.8) is 0 Å². The van der Waals surface area contributed by atoms with Crippen molar-refractivity contribution in [3.8, 4) is 34.3 Å². The molecule has 0 radical (unpaired) electrons. The molecule has 1 fully saturated rings. The number of amides is 3. The standard InChI is InChI=1S/C43H50N11O25P3S4/c44-29-10-8-26-34(27-9-11-30(45)38(86(70,71)72)36(27)77-35(26)37(29)85(67,68)69)28-17-23(6-7-25(28)41(56)57)40(55)48-14-16-83-84-22-73-15-3-1-2-12-49-42(58)50-13-4-5-24-19-54(43(59)52-39(24)46)33-18-31(74-21-51-53-47)32(76-33)20-75-81(63,64)79-82(65,66)78-80(60,61)62/h6-11,17,19,31-33,44H,1-3,12-16,18,20-22,45H2,(H,48,55)(H,56,57)(H,63,64)(H,65,66)(H2,46,52,59)(H2,49,50,58)(H2,60,61,62)(H,67,68,69)(H,70,71,72)/t31-,32-,33-/m1/s1. The fraction of sp³-hybridized carbons (Fsp3) is 0.349. The number of aromatic carboxylic acids is 1. The Morgan fingerprint density at radius 3 is 2.35 bits per heavy atom. The maximum atomic E-state index is 13.4. The average molecular weight is 1340 g/mol. The summed E-state index contributed by atoms with van der Waals surface area (Å²) in [5.74, 6) is 2.75. The topological polar surface area (TPSA) is 576 Å². The number of benzene rings is 3. The lowest BCUT2D eigenvalue weighted by Crippen LogP contribution is -2.36. The van der Waals surface area contributed by atoms with Crippen LogP contribution in [0.1, 0.15) is 58.2 Å². The van der Waals surface area contributed by atoms with Crippen LogP contribution in [0.5, 0.6) is 0 Å². The number of carboxylic acid groups (broad SMARTS) is 1. The number of ether oxygens (including phenoxy) is 3. The lowest BCUT2D eigenvalue weighted by atomic mass is 9.89. The van der Waals surface area contributed by atoms with Crippen LogP contribution in [0.2, 0.25) is 0 Å². The molecule has 1 aliphatic carbocycles. The maximum Gasteiger partial charge on any atom is 0.490 e. The van der Waals surface area contributed by atoms with E-state index in [1.54, 1.807) is 0 Å². The number of phosphoric ester groups is 1. The van der Waals surface area contributed by atoms with E-state index < -0.39 is 137 Å². The van der Waals surface area contributed by atoms with Crippen LogP contribution in [-0.2, 0) is 61.3 Å². The fourth-order valence-electron chi connectivity index (χ4n) is 8.01. The number of nitrogens with one attached hydrogen (secondary N) is 4. The number of aromatic nitrogens is 2. The van der Waals surface area contributed by atoms with Crippen molar-refractivity contribution in [2.45, 2.75) is 53.9 Å². The highest BCUT2D eigenvalue weighted by molar-refractivity contribution is 8.76. The van der Waals surface area contributed by atoms with Gasteiger partial charge in [0.25, 0.3) is 26.1 Å².